The van der Waals surface area contributed by atoms with Gasteiger partial charge in [0.2, 0.25) is 0 Å². The molecule has 1 fully saturated rings. The highest BCUT2D eigenvalue weighted by Crippen LogP contribution is 2.22. The van der Waals surface area contributed by atoms with Crippen molar-refractivity contribution in [1.29, 1.82) is 0 Å². The number of aromatic nitrogens is 3. The van der Waals surface area contributed by atoms with Gasteiger partial charge in [-0.1, -0.05) is 19.8 Å². The van der Waals surface area contributed by atoms with E-state index >= 15 is 0 Å². The minimum atomic E-state index is 0.716. The highest BCUT2D eigenvalue weighted by Gasteiger charge is 2.15. The standard InChI is InChI=1S/C12H22N4/c1-10-3-2-4-11(6-5-10)13-8-7-12-14-9-15-16-12/h9-11,13H,2-8H2,1H3,(H,14,15,16). The molecule has 4 heteroatoms. The molecule has 0 bridgehead atoms. The quantitative estimate of drug-likeness (QED) is 0.765. The highest BCUT2D eigenvalue weighted by molar-refractivity contribution is 4.82. The van der Waals surface area contributed by atoms with Crippen LogP contribution in [0.2, 0.25) is 0 Å². The number of hydrogen-bond acceptors (Lipinski definition) is 3. The van der Waals surface area contributed by atoms with Crippen LogP contribution in [0.25, 0.3) is 0 Å². The van der Waals surface area contributed by atoms with Gasteiger partial charge in [-0.25, -0.2) is 4.98 Å². The molecule has 0 amide bonds. The van der Waals surface area contributed by atoms with E-state index in [2.05, 4.69) is 27.4 Å². The maximum atomic E-state index is 4.12. The molecule has 16 heavy (non-hydrogen) atoms. The molecule has 90 valence electrons. The molecule has 4 nitrogen and oxygen atoms in total. The molecule has 2 rings (SSSR count). The minimum Gasteiger partial charge on any atom is -0.314 e. The van der Waals surface area contributed by atoms with Crippen molar-refractivity contribution in [3.63, 3.8) is 0 Å². The lowest BCUT2D eigenvalue weighted by atomic mass is 10.0. The maximum absolute atomic E-state index is 4.12. The van der Waals surface area contributed by atoms with Gasteiger partial charge in [-0.2, -0.15) is 5.10 Å². The van der Waals surface area contributed by atoms with E-state index in [-0.39, 0.29) is 0 Å². The van der Waals surface area contributed by atoms with Gasteiger partial charge in [0.25, 0.3) is 0 Å². The van der Waals surface area contributed by atoms with Crippen LogP contribution in [0.3, 0.4) is 0 Å². The second kappa shape index (κ2) is 5.99. The molecular formula is C12H22N4. The topological polar surface area (TPSA) is 53.6 Å². The van der Waals surface area contributed by atoms with Crippen LogP contribution in [-0.2, 0) is 6.42 Å². The SMILES string of the molecule is CC1CCCC(NCCc2ncn[nH]2)CC1. The molecule has 1 saturated carbocycles. The fourth-order valence-electron chi connectivity index (χ4n) is 2.44. The first kappa shape index (κ1) is 11.6. The zero-order valence-electron chi connectivity index (χ0n) is 10.1. The van der Waals surface area contributed by atoms with E-state index in [0.717, 1.165) is 24.7 Å². The van der Waals surface area contributed by atoms with Crippen molar-refractivity contribution in [3.05, 3.63) is 12.2 Å². The van der Waals surface area contributed by atoms with E-state index in [1.807, 2.05) is 0 Å². The lowest BCUT2D eigenvalue weighted by Gasteiger charge is -2.15. The van der Waals surface area contributed by atoms with Crippen LogP contribution in [0.1, 0.15) is 44.9 Å². The van der Waals surface area contributed by atoms with Gasteiger partial charge in [-0.05, 0) is 25.2 Å². The molecule has 0 spiro atoms. The van der Waals surface area contributed by atoms with Gasteiger partial charge in [0, 0.05) is 19.0 Å². The van der Waals surface area contributed by atoms with Gasteiger partial charge in [-0.3, -0.25) is 5.10 Å². The van der Waals surface area contributed by atoms with Crippen molar-refractivity contribution < 1.29 is 0 Å². The highest BCUT2D eigenvalue weighted by atomic mass is 15.2. The van der Waals surface area contributed by atoms with E-state index < -0.39 is 0 Å². The van der Waals surface area contributed by atoms with E-state index in [1.54, 1.807) is 6.33 Å². The predicted octanol–water partition coefficient (Wildman–Crippen LogP) is 1.91. The minimum absolute atomic E-state index is 0.716. The Kier molecular flexibility index (Phi) is 4.34. The molecule has 0 aromatic carbocycles. The normalized spacial score (nSPS) is 26.6. The molecular weight excluding hydrogens is 200 g/mol. The van der Waals surface area contributed by atoms with Crippen molar-refractivity contribution in [2.24, 2.45) is 5.92 Å². The number of H-pyrrole nitrogens is 1. The molecule has 0 radical (unpaired) electrons. The molecule has 1 aromatic heterocycles. The predicted molar refractivity (Wildman–Crippen MR) is 64.1 cm³/mol. The van der Waals surface area contributed by atoms with Gasteiger partial charge in [0.15, 0.2) is 0 Å². The van der Waals surface area contributed by atoms with Gasteiger partial charge >= 0.3 is 0 Å². The van der Waals surface area contributed by atoms with Gasteiger partial charge in [0.1, 0.15) is 12.2 Å². The van der Waals surface area contributed by atoms with Crippen molar-refractivity contribution in [1.82, 2.24) is 20.5 Å². The van der Waals surface area contributed by atoms with Crippen molar-refractivity contribution >= 4 is 0 Å². The van der Waals surface area contributed by atoms with Crippen LogP contribution in [-0.4, -0.2) is 27.8 Å². The van der Waals surface area contributed by atoms with Crippen molar-refractivity contribution in [3.8, 4) is 0 Å². The Hall–Kier alpha value is -0.900. The molecule has 2 atom stereocenters. The third-order valence-corrected chi connectivity index (χ3v) is 3.52. The second-order valence-corrected chi connectivity index (χ2v) is 4.95. The molecule has 0 saturated heterocycles. The third-order valence-electron chi connectivity index (χ3n) is 3.52. The summed E-state index contributed by atoms with van der Waals surface area (Å²) >= 11 is 0. The van der Waals surface area contributed by atoms with Crippen LogP contribution in [0.15, 0.2) is 6.33 Å². The first-order valence-electron chi connectivity index (χ1n) is 6.42. The average Bonchev–Trinajstić information content (AvgIpc) is 2.70. The van der Waals surface area contributed by atoms with Crippen LogP contribution >= 0.6 is 0 Å². The summed E-state index contributed by atoms with van der Waals surface area (Å²) in [7, 11) is 0. The smallest absolute Gasteiger partial charge is 0.137 e. The average molecular weight is 222 g/mol. The van der Waals surface area contributed by atoms with Crippen molar-refractivity contribution in [2.75, 3.05) is 6.54 Å². The Morgan fingerprint density at radius 2 is 2.31 bits per heavy atom. The van der Waals surface area contributed by atoms with Crippen LogP contribution < -0.4 is 5.32 Å². The van der Waals surface area contributed by atoms with Gasteiger partial charge < -0.3 is 5.32 Å². The van der Waals surface area contributed by atoms with E-state index in [0.29, 0.717) is 6.04 Å². The monoisotopic (exact) mass is 222 g/mol. The molecule has 2 N–H and O–H groups in total. The fraction of sp³-hybridized carbons (Fsp3) is 0.833. The van der Waals surface area contributed by atoms with Gasteiger partial charge in [0.05, 0.1) is 0 Å². The van der Waals surface area contributed by atoms with Gasteiger partial charge in [-0.15, -0.1) is 0 Å². The van der Waals surface area contributed by atoms with Crippen LogP contribution in [0.5, 0.6) is 0 Å². The van der Waals surface area contributed by atoms with E-state index in [1.165, 1.54) is 32.1 Å². The summed E-state index contributed by atoms with van der Waals surface area (Å²) in [6.45, 7) is 3.38. The summed E-state index contributed by atoms with van der Waals surface area (Å²) in [6.07, 6.45) is 9.34. The summed E-state index contributed by atoms with van der Waals surface area (Å²) in [5.41, 5.74) is 0. The second-order valence-electron chi connectivity index (χ2n) is 4.95. The zero-order chi connectivity index (χ0) is 11.2. The Balaban J connectivity index is 1.65. The maximum Gasteiger partial charge on any atom is 0.137 e. The van der Waals surface area contributed by atoms with E-state index in [9.17, 15) is 0 Å². The number of hydrogen-bond donors (Lipinski definition) is 2. The molecule has 2 unspecified atom stereocenters. The molecule has 1 aromatic rings. The fourth-order valence-corrected chi connectivity index (χ4v) is 2.44. The number of nitrogens with zero attached hydrogens (tertiary/aromatic N) is 2. The Morgan fingerprint density at radius 3 is 3.12 bits per heavy atom. The summed E-state index contributed by atoms with van der Waals surface area (Å²) < 4.78 is 0. The summed E-state index contributed by atoms with van der Waals surface area (Å²) in [5.74, 6) is 1.90. The van der Waals surface area contributed by atoms with Crippen LogP contribution in [0, 0.1) is 5.92 Å². The lowest BCUT2D eigenvalue weighted by molar-refractivity contribution is 0.449. The van der Waals surface area contributed by atoms with Crippen molar-refractivity contribution in [2.45, 2.75) is 51.5 Å². The largest absolute Gasteiger partial charge is 0.314 e. The first-order chi connectivity index (χ1) is 7.84. The summed E-state index contributed by atoms with van der Waals surface area (Å²) in [4.78, 5) is 4.12. The number of rotatable bonds is 4. The molecule has 0 aliphatic heterocycles. The molecule has 1 heterocycles. The lowest BCUT2D eigenvalue weighted by Crippen LogP contribution is -2.30. The first-order valence-corrected chi connectivity index (χ1v) is 6.42. The van der Waals surface area contributed by atoms with Crippen LogP contribution in [0.4, 0.5) is 0 Å². The molecule has 1 aliphatic carbocycles. The number of nitrogens with one attached hydrogen (secondary N) is 2. The molecule has 1 aliphatic rings. The van der Waals surface area contributed by atoms with E-state index in [4.69, 9.17) is 0 Å². The summed E-state index contributed by atoms with van der Waals surface area (Å²) in [5, 5.41) is 10.4. The Morgan fingerprint density at radius 1 is 1.38 bits per heavy atom. The number of aromatic amines is 1. The zero-order valence-corrected chi connectivity index (χ0v) is 10.1. The Labute approximate surface area is 97.2 Å². The Bertz CT molecular complexity index is 283. The third kappa shape index (κ3) is 3.59. The summed E-state index contributed by atoms with van der Waals surface area (Å²) in [6, 6.07) is 0.716.